The average Bonchev–Trinajstić information content (AvgIpc) is 3.81. The first kappa shape index (κ1) is 35.1. The van der Waals surface area contributed by atoms with E-state index in [1.807, 2.05) is 31.2 Å². The van der Waals surface area contributed by atoms with Crippen LogP contribution in [0.2, 0.25) is 0 Å². The van der Waals surface area contributed by atoms with Crippen molar-refractivity contribution in [2.45, 2.75) is 91.9 Å². The lowest BCUT2D eigenvalue weighted by Crippen LogP contribution is -2.22. The summed E-state index contributed by atoms with van der Waals surface area (Å²) in [7, 11) is -3.40. The number of H-pyrrole nitrogens is 1. The van der Waals surface area contributed by atoms with Crippen LogP contribution in [0.25, 0.3) is 40.1 Å². The van der Waals surface area contributed by atoms with Crippen molar-refractivity contribution in [3.8, 4) is 22.8 Å². The Hall–Kier alpha value is -4.78. The van der Waals surface area contributed by atoms with Crippen LogP contribution in [0.5, 0.6) is 0 Å². The predicted octanol–water partition coefficient (Wildman–Crippen LogP) is 6.73. The van der Waals surface area contributed by atoms with Crippen LogP contribution in [-0.4, -0.2) is 60.3 Å². The van der Waals surface area contributed by atoms with E-state index in [1.54, 1.807) is 21.4 Å². The summed E-state index contributed by atoms with van der Waals surface area (Å²) >= 11 is 0. The third-order valence-electron chi connectivity index (χ3n) is 8.55. The number of hydrogen-bond donors (Lipinski definition) is 3. The van der Waals surface area contributed by atoms with Crippen LogP contribution in [0.15, 0.2) is 48.5 Å². The van der Waals surface area contributed by atoms with Gasteiger partial charge in [0.05, 0.1) is 17.1 Å². The summed E-state index contributed by atoms with van der Waals surface area (Å²) in [6.45, 7) is 18.0. The molecule has 0 aliphatic heterocycles. The molecule has 2 aromatic carbocycles. The molecule has 4 heterocycles. The zero-order chi connectivity index (χ0) is 35.8. The molecule has 0 atom stereocenters. The molecule has 6 rings (SSSR count). The number of unbranched alkanes of at least 4 members (excludes halogenated alkanes) is 2. The van der Waals surface area contributed by atoms with Crippen LogP contribution in [-0.2, 0) is 20.9 Å². The first-order chi connectivity index (χ1) is 23.7. The maximum Gasteiger partial charge on any atom is 0.232 e. The number of nitrogens with one attached hydrogen (secondary N) is 3. The normalized spacial score (nSPS) is 13.2. The molecule has 0 radical (unpaired) electrons. The van der Waals surface area contributed by atoms with Crippen molar-refractivity contribution >= 4 is 38.8 Å². The molecular formula is C37H48N10O2S. The van der Waals surface area contributed by atoms with E-state index in [0.717, 1.165) is 64.8 Å². The number of rotatable bonds is 12. The Labute approximate surface area is 293 Å². The van der Waals surface area contributed by atoms with E-state index in [2.05, 4.69) is 81.8 Å². The molecule has 0 aliphatic carbocycles. The van der Waals surface area contributed by atoms with Gasteiger partial charge < -0.3 is 5.32 Å². The summed E-state index contributed by atoms with van der Waals surface area (Å²) in [5, 5.41) is 22.4. The molecule has 0 saturated carbocycles. The molecule has 0 bridgehead atoms. The number of sulfonamides is 1. The lowest BCUT2D eigenvalue weighted by atomic mass is 9.88. The van der Waals surface area contributed by atoms with Crippen molar-refractivity contribution in [1.29, 1.82) is 0 Å². The van der Waals surface area contributed by atoms with Crippen molar-refractivity contribution < 1.29 is 8.42 Å². The number of aromatic nitrogens is 8. The third-order valence-corrected chi connectivity index (χ3v) is 9.92. The van der Waals surface area contributed by atoms with Crippen molar-refractivity contribution in [1.82, 2.24) is 39.6 Å². The number of anilines is 2. The summed E-state index contributed by atoms with van der Waals surface area (Å²) < 4.78 is 30.8. The summed E-state index contributed by atoms with van der Waals surface area (Å²) in [4.78, 5) is 10.00. The van der Waals surface area contributed by atoms with Crippen molar-refractivity contribution in [2.24, 2.45) is 0 Å². The molecule has 4 aromatic heterocycles. The third kappa shape index (κ3) is 7.37. The quantitative estimate of drug-likeness (QED) is 0.119. The smallest absolute Gasteiger partial charge is 0.232 e. The molecule has 0 saturated heterocycles. The van der Waals surface area contributed by atoms with Crippen LogP contribution in [0.4, 0.5) is 11.4 Å². The molecule has 0 aliphatic rings. The minimum atomic E-state index is -3.40. The van der Waals surface area contributed by atoms with Gasteiger partial charge in [-0.1, -0.05) is 68.2 Å². The SMILES string of the molecule is CCCCNc1ccc(-c2nc3c(=Cc4c(C(C)(C)C)[nH]n5nc(-c6ccc(NS(=O)(=O)CCCC)cc6)nc45)c(C(C)(C)C)nn3n2)cc1. The Kier molecular flexibility index (Phi) is 9.47. The Morgan fingerprint density at radius 3 is 1.96 bits per heavy atom. The van der Waals surface area contributed by atoms with E-state index in [9.17, 15) is 8.42 Å². The van der Waals surface area contributed by atoms with E-state index in [4.69, 9.17) is 25.3 Å². The molecule has 0 fully saturated rings. The lowest BCUT2D eigenvalue weighted by Gasteiger charge is -2.18. The highest BCUT2D eigenvalue weighted by Gasteiger charge is 2.28. The van der Waals surface area contributed by atoms with Crippen molar-refractivity contribution in [3.05, 3.63) is 70.7 Å². The molecule has 0 amide bonds. The minimum Gasteiger partial charge on any atom is -0.385 e. The van der Waals surface area contributed by atoms with Crippen LogP contribution >= 0.6 is 0 Å². The summed E-state index contributed by atoms with van der Waals surface area (Å²) in [5.41, 5.74) is 6.81. The number of hydrogen-bond acceptors (Lipinski definition) is 8. The standard InChI is InChI=1S/C37H48N10O2S/c1-9-11-21-38-26-17-13-24(14-18-26)32-39-34-28(30(36(3,4)5)41-46(34)43-32)23-29-31(37(6,7)8)42-47-35(29)40-33(44-47)25-15-19-27(20-16-25)45-50(48,49)22-12-10-2/h13-20,23,38,42,45H,9-12,21-22H2,1-8H3. The molecule has 0 spiro atoms. The lowest BCUT2D eigenvalue weighted by molar-refractivity contribution is 0.553. The van der Waals surface area contributed by atoms with Gasteiger partial charge >= 0.3 is 0 Å². The molecule has 12 nitrogen and oxygen atoms in total. The van der Waals surface area contributed by atoms with Gasteiger partial charge in [-0.25, -0.2) is 18.4 Å². The summed E-state index contributed by atoms with van der Waals surface area (Å²) in [6, 6.07) is 15.3. The molecular weight excluding hydrogens is 649 g/mol. The van der Waals surface area contributed by atoms with E-state index in [-0.39, 0.29) is 16.6 Å². The van der Waals surface area contributed by atoms with E-state index < -0.39 is 10.0 Å². The minimum absolute atomic E-state index is 0.0935. The molecule has 0 unspecified atom stereocenters. The molecule has 13 heteroatoms. The molecule has 264 valence electrons. The fraction of sp³-hybridized carbons (Fsp3) is 0.432. The monoisotopic (exact) mass is 696 g/mol. The van der Waals surface area contributed by atoms with Gasteiger partial charge in [0.25, 0.3) is 0 Å². The first-order valence-corrected chi connectivity index (χ1v) is 19.1. The zero-order valence-electron chi connectivity index (χ0n) is 30.3. The van der Waals surface area contributed by atoms with Gasteiger partial charge in [0.1, 0.15) is 0 Å². The molecule has 50 heavy (non-hydrogen) atoms. The van der Waals surface area contributed by atoms with Crippen molar-refractivity contribution in [2.75, 3.05) is 22.3 Å². The average molecular weight is 697 g/mol. The van der Waals surface area contributed by atoms with Crippen LogP contribution in [0.1, 0.15) is 98.0 Å². The maximum atomic E-state index is 12.4. The molecule has 6 aromatic rings. The topological polar surface area (TPSA) is 147 Å². The van der Waals surface area contributed by atoms with Gasteiger partial charge in [-0.15, -0.1) is 14.8 Å². The number of nitrogens with zero attached hydrogens (tertiary/aromatic N) is 7. The number of aromatic amines is 1. The number of fused-ring (bicyclic) bond motifs is 2. The van der Waals surface area contributed by atoms with Crippen molar-refractivity contribution in [3.63, 3.8) is 0 Å². The van der Waals surface area contributed by atoms with Gasteiger partial charge in [-0.05, 0) is 67.4 Å². The molecule has 3 N–H and O–H groups in total. The van der Waals surface area contributed by atoms with Gasteiger partial charge in [0.15, 0.2) is 22.9 Å². The van der Waals surface area contributed by atoms with Crippen LogP contribution < -0.4 is 15.3 Å². The van der Waals surface area contributed by atoms with Gasteiger partial charge in [0.2, 0.25) is 10.0 Å². The highest BCUT2D eigenvalue weighted by molar-refractivity contribution is 7.92. The first-order valence-electron chi connectivity index (χ1n) is 17.4. The zero-order valence-corrected chi connectivity index (χ0v) is 31.1. The van der Waals surface area contributed by atoms with E-state index >= 15 is 0 Å². The second-order valence-electron chi connectivity index (χ2n) is 14.9. The Morgan fingerprint density at radius 1 is 0.760 bits per heavy atom. The number of benzene rings is 2. The fourth-order valence-electron chi connectivity index (χ4n) is 5.82. The van der Waals surface area contributed by atoms with E-state index in [0.29, 0.717) is 35.1 Å². The van der Waals surface area contributed by atoms with Gasteiger partial charge in [0, 0.05) is 50.7 Å². The van der Waals surface area contributed by atoms with Gasteiger partial charge in [-0.2, -0.15) is 9.73 Å². The second kappa shape index (κ2) is 13.5. The maximum absolute atomic E-state index is 12.4. The van der Waals surface area contributed by atoms with Crippen LogP contribution in [0, 0.1) is 0 Å². The largest absolute Gasteiger partial charge is 0.385 e. The highest BCUT2D eigenvalue weighted by atomic mass is 32.2. The summed E-state index contributed by atoms with van der Waals surface area (Å²) in [6.07, 6.45) is 5.81. The van der Waals surface area contributed by atoms with Gasteiger partial charge in [-0.3, -0.25) is 9.82 Å². The van der Waals surface area contributed by atoms with E-state index in [1.165, 1.54) is 0 Å². The Bertz CT molecular complexity index is 2270. The highest BCUT2D eigenvalue weighted by Crippen LogP contribution is 2.30. The predicted molar refractivity (Wildman–Crippen MR) is 201 cm³/mol. The fourth-order valence-corrected chi connectivity index (χ4v) is 7.09. The van der Waals surface area contributed by atoms with Crippen LogP contribution in [0.3, 0.4) is 0 Å². The second-order valence-corrected chi connectivity index (χ2v) is 16.8. The summed E-state index contributed by atoms with van der Waals surface area (Å²) in [5.74, 6) is 1.22. The Balaban J connectivity index is 1.42. The Morgan fingerprint density at radius 2 is 1.36 bits per heavy atom.